The van der Waals surface area contributed by atoms with Gasteiger partial charge in [0.05, 0.1) is 5.54 Å². The number of nitrogens with zero attached hydrogens (tertiary/aromatic N) is 1. The van der Waals surface area contributed by atoms with Crippen LogP contribution < -0.4 is 11.1 Å². The summed E-state index contributed by atoms with van der Waals surface area (Å²) in [5.41, 5.74) is 4.85. The second kappa shape index (κ2) is 6.97. The number of carbonyl (C=O) groups is 1. The van der Waals surface area contributed by atoms with E-state index in [1.165, 1.54) is 38.9 Å². The molecule has 1 aliphatic heterocycles. The number of rotatable bonds is 7. The van der Waals surface area contributed by atoms with Gasteiger partial charge in [-0.2, -0.15) is 0 Å². The second-order valence-electron chi connectivity index (χ2n) is 5.31. The molecule has 1 rings (SSSR count). The van der Waals surface area contributed by atoms with Crippen LogP contribution in [-0.2, 0) is 4.79 Å². The maximum absolute atomic E-state index is 11.3. The third-order valence-corrected chi connectivity index (χ3v) is 3.95. The van der Waals surface area contributed by atoms with E-state index in [2.05, 4.69) is 10.2 Å². The van der Waals surface area contributed by atoms with Gasteiger partial charge in [0.1, 0.15) is 0 Å². The van der Waals surface area contributed by atoms with Crippen molar-refractivity contribution in [3.63, 3.8) is 0 Å². The van der Waals surface area contributed by atoms with Crippen LogP contribution in [0.4, 0.5) is 0 Å². The average Bonchev–Trinajstić information content (AvgIpc) is 2.35. The zero-order chi connectivity index (χ0) is 12.7. The van der Waals surface area contributed by atoms with Crippen LogP contribution in [0.15, 0.2) is 0 Å². The summed E-state index contributed by atoms with van der Waals surface area (Å²) in [4.78, 5) is 13.8. The van der Waals surface area contributed by atoms with Gasteiger partial charge in [0.15, 0.2) is 0 Å². The van der Waals surface area contributed by atoms with E-state index < -0.39 is 5.54 Å². The largest absolute Gasteiger partial charge is 0.368 e. The third kappa shape index (κ3) is 4.64. The number of primary amides is 1. The minimum atomic E-state index is -0.540. The first-order valence-electron chi connectivity index (χ1n) is 6.80. The third-order valence-electron chi connectivity index (χ3n) is 3.95. The van der Waals surface area contributed by atoms with Crippen molar-refractivity contribution in [3.8, 4) is 0 Å². The highest BCUT2D eigenvalue weighted by molar-refractivity contribution is 5.84. The van der Waals surface area contributed by atoms with Crippen LogP contribution in [0.5, 0.6) is 0 Å². The van der Waals surface area contributed by atoms with Gasteiger partial charge in [0.2, 0.25) is 5.91 Å². The molecular formula is C13H27N3O. The van der Waals surface area contributed by atoms with Crippen LogP contribution in [0.1, 0.15) is 45.4 Å². The Bertz CT molecular complexity index is 239. The average molecular weight is 241 g/mol. The number of likely N-dealkylation sites (tertiary alicyclic amines) is 1. The van der Waals surface area contributed by atoms with Gasteiger partial charge in [-0.05, 0) is 65.7 Å². The highest BCUT2D eigenvalue weighted by atomic mass is 16.1. The molecule has 4 nitrogen and oxygen atoms in total. The van der Waals surface area contributed by atoms with E-state index in [1.54, 1.807) is 7.05 Å². The lowest BCUT2D eigenvalue weighted by molar-refractivity contribution is -0.123. The van der Waals surface area contributed by atoms with Crippen LogP contribution in [0, 0.1) is 0 Å². The van der Waals surface area contributed by atoms with Crippen LogP contribution >= 0.6 is 0 Å². The smallest absolute Gasteiger partial charge is 0.237 e. The van der Waals surface area contributed by atoms with E-state index in [9.17, 15) is 4.79 Å². The molecule has 3 N–H and O–H groups in total. The van der Waals surface area contributed by atoms with E-state index in [0.29, 0.717) is 0 Å². The highest BCUT2D eigenvalue weighted by Crippen LogP contribution is 2.14. The van der Waals surface area contributed by atoms with Crippen molar-refractivity contribution in [2.24, 2.45) is 5.73 Å². The molecule has 1 heterocycles. The highest BCUT2D eigenvalue weighted by Gasteiger charge is 2.27. The minimum Gasteiger partial charge on any atom is -0.368 e. The topological polar surface area (TPSA) is 58.4 Å². The molecule has 0 radical (unpaired) electrons. The molecule has 1 atom stereocenters. The molecule has 0 spiro atoms. The molecule has 1 fully saturated rings. The van der Waals surface area contributed by atoms with Gasteiger partial charge in [-0.15, -0.1) is 0 Å². The molecule has 0 aliphatic carbocycles. The molecule has 0 bridgehead atoms. The van der Waals surface area contributed by atoms with Crippen molar-refractivity contribution in [2.45, 2.75) is 51.0 Å². The van der Waals surface area contributed by atoms with Crippen LogP contribution in [0.2, 0.25) is 0 Å². The molecule has 1 unspecified atom stereocenters. The fourth-order valence-electron chi connectivity index (χ4n) is 2.37. The molecule has 0 aromatic heterocycles. The number of unbranched alkanes of at least 4 members (excludes halogenated alkanes) is 1. The normalized spacial score (nSPS) is 21.1. The van der Waals surface area contributed by atoms with E-state index in [-0.39, 0.29) is 5.91 Å². The first-order valence-corrected chi connectivity index (χ1v) is 6.80. The van der Waals surface area contributed by atoms with Gasteiger partial charge in [-0.25, -0.2) is 0 Å². The lowest BCUT2D eigenvalue weighted by atomic mass is 9.94. The van der Waals surface area contributed by atoms with Crippen molar-refractivity contribution < 1.29 is 4.79 Å². The Hall–Kier alpha value is -0.610. The number of carbonyl (C=O) groups excluding carboxylic acids is 1. The Labute approximate surface area is 105 Å². The lowest BCUT2D eigenvalue weighted by Crippen LogP contribution is -2.51. The molecule has 100 valence electrons. The van der Waals surface area contributed by atoms with Crippen molar-refractivity contribution in [1.82, 2.24) is 10.2 Å². The summed E-state index contributed by atoms with van der Waals surface area (Å²) in [7, 11) is 1.80. The van der Waals surface area contributed by atoms with E-state index in [1.807, 2.05) is 6.92 Å². The molecule has 1 amide bonds. The minimum absolute atomic E-state index is 0.252. The van der Waals surface area contributed by atoms with Crippen LogP contribution in [0.3, 0.4) is 0 Å². The fraction of sp³-hybridized carbons (Fsp3) is 0.923. The predicted molar refractivity (Wildman–Crippen MR) is 70.8 cm³/mol. The predicted octanol–water partition coefficient (Wildman–Crippen LogP) is 1.11. The monoisotopic (exact) mass is 241 g/mol. The van der Waals surface area contributed by atoms with Gasteiger partial charge < -0.3 is 16.0 Å². The SMILES string of the molecule is CNC(C)(CCCCN1CCCCC1)C(N)=O. The summed E-state index contributed by atoms with van der Waals surface area (Å²) < 4.78 is 0. The molecule has 17 heavy (non-hydrogen) atoms. The maximum Gasteiger partial charge on any atom is 0.237 e. The van der Waals surface area contributed by atoms with E-state index in [4.69, 9.17) is 5.73 Å². The molecule has 0 aromatic carbocycles. The summed E-state index contributed by atoms with van der Waals surface area (Å²) in [6, 6.07) is 0. The van der Waals surface area contributed by atoms with Gasteiger partial charge in [-0.1, -0.05) is 6.42 Å². The Kier molecular flexibility index (Phi) is 5.92. The van der Waals surface area contributed by atoms with Crippen molar-refractivity contribution in [3.05, 3.63) is 0 Å². The number of hydrogen-bond donors (Lipinski definition) is 2. The first-order chi connectivity index (χ1) is 8.08. The fourth-order valence-corrected chi connectivity index (χ4v) is 2.37. The quantitative estimate of drug-likeness (QED) is 0.656. The first kappa shape index (κ1) is 14.5. The summed E-state index contributed by atoms with van der Waals surface area (Å²) in [6.07, 6.45) is 7.11. The molecule has 1 aliphatic rings. The Morgan fingerprint density at radius 3 is 2.47 bits per heavy atom. The second-order valence-corrected chi connectivity index (χ2v) is 5.31. The van der Waals surface area contributed by atoms with Crippen molar-refractivity contribution in [2.75, 3.05) is 26.7 Å². The standard InChI is InChI=1S/C13H27N3O/c1-13(15-2,12(14)17)8-4-7-11-16-9-5-3-6-10-16/h15H,3-11H2,1-2H3,(H2,14,17). The Balaban J connectivity index is 2.16. The van der Waals surface area contributed by atoms with Crippen molar-refractivity contribution in [1.29, 1.82) is 0 Å². The number of likely N-dealkylation sites (N-methyl/N-ethyl adjacent to an activating group) is 1. The van der Waals surface area contributed by atoms with Gasteiger partial charge >= 0.3 is 0 Å². The summed E-state index contributed by atoms with van der Waals surface area (Å²) in [5, 5.41) is 3.03. The van der Waals surface area contributed by atoms with Crippen LogP contribution in [-0.4, -0.2) is 43.0 Å². The summed E-state index contributed by atoms with van der Waals surface area (Å²) in [6.45, 7) is 5.55. The molecule has 4 heteroatoms. The van der Waals surface area contributed by atoms with Gasteiger partial charge in [-0.3, -0.25) is 4.79 Å². The lowest BCUT2D eigenvalue weighted by Gasteiger charge is -2.28. The summed E-state index contributed by atoms with van der Waals surface area (Å²) >= 11 is 0. The summed E-state index contributed by atoms with van der Waals surface area (Å²) in [5.74, 6) is -0.252. The Morgan fingerprint density at radius 1 is 1.29 bits per heavy atom. The van der Waals surface area contributed by atoms with Gasteiger partial charge in [0, 0.05) is 0 Å². The number of nitrogens with one attached hydrogen (secondary N) is 1. The van der Waals surface area contributed by atoms with E-state index >= 15 is 0 Å². The number of nitrogens with two attached hydrogens (primary N) is 1. The van der Waals surface area contributed by atoms with Crippen LogP contribution in [0.25, 0.3) is 0 Å². The van der Waals surface area contributed by atoms with E-state index in [0.717, 1.165) is 19.3 Å². The Morgan fingerprint density at radius 2 is 1.94 bits per heavy atom. The zero-order valence-electron chi connectivity index (χ0n) is 11.3. The van der Waals surface area contributed by atoms with Crippen molar-refractivity contribution >= 4 is 5.91 Å². The zero-order valence-corrected chi connectivity index (χ0v) is 11.3. The molecule has 0 saturated carbocycles. The molecule has 0 aromatic rings. The number of piperidine rings is 1. The van der Waals surface area contributed by atoms with Gasteiger partial charge in [0.25, 0.3) is 0 Å². The maximum atomic E-state index is 11.3. The number of amides is 1. The molecular weight excluding hydrogens is 214 g/mol. The molecule has 1 saturated heterocycles. The number of hydrogen-bond acceptors (Lipinski definition) is 3.